The second-order valence-corrected chi connectivity index (χ2v) is 38.5. The van der Waals surface area contributed by atoms with Crippen LogP contribution in [0, 0.1) is 0 Å². The number of hydrogen-bond acceptors (Lipinski definition) is 9. The molecule has 29 aromatic rings. The van der Waals surface area contributed by atoms with Gasteiger partial charge in [0.25, 0.3) is 0 Å². The highest BCUT2D eigenvalue weighted by Crippen LogP contribution is 2.51. The maximum atomic E-state index is 6.21. The molecule has 0 aliphatic rings. The maximum absolute atomic E-state index is 6.21. The summed E-state index contributed by atoms with van der Waals surface area (Å²) in [7, 11) is 0. The van der Waals surface area contributed by atoms with Gasteiger partial charge < -0.3 is 17.8 Å². The lowest BCUT2D eigenvalue weighted by Crippen LogP contribution is -1.93. The Bertz CT molecular complexity index is 9480. The summed E-state index contributed by atoms with van der Waals surface area (Å²) in [5.41, 5.74) is 19.1. The SMILES string of the molecule is c1cc(-c2ccc3c4ccccc4c4ccccc4c3c2)cc(-c2ccc3sc4oc5ccccc5c4c3c2)c1.c1ccc2c(c1)oc1sc3ccc(-c4cccc5c4sc4ccc(-c6cccc7c6sc6ccccc67)cc45)cc3c12.c1ccc2c(c1)oc1sc3ccc(-c4cccc5c4sc4ccc(-n6c7ccccc7c7ccccc76)cc45)cc3c12. The molecule has 578 valence electrons. The molecule has 4 nitrogen and oxygen atoms in total. The van der Waals surface area contributed by atoms with Crippen molar-refractivity contribution in [1.82, 2.24) is 4.57 Å². The molecule has 0 saturated carbocycles. The lowest BCUT2D eigenvalue weighted by atomic mass is 9.91. The fourth-order valence-electron chi connectivity index (χ4n) is 19.8. The Labute approximate surface area is 731 Å². The first-order valence-electron chi connectivity index (χ1n) is 41.7. The van der Waals surface area contributed by atoms with Crippen LogP contribution >= 0.6 is 68.0 Å². The Morgan fingerprint density at radius 2 is 0.468 bits per heavy atom. The van der Waals surface area contributed by atoms with Crippen molar-refractivity contribution < 1.29 is 13.3 Å². The molecule has 0 N–H and O–H groups in total. The van der Waals surface area contributed by atoms with E-state index in [1.165, 1.54) is 239 Å². The minimum atomic E-state index is 0.953. The summed E-state index contributed by atoms with van der Waals surface area (Å²) in [5.74, 6) is 0. The van der Waals surface area contributed by atoms with Crippen molar-refractivity contribution in [2.75, 3.05) is 0 Å². The third-order valence-electron chi connectivity index (χ3n) is 25.5. The first kappa shape index (κ1) is 70.4. The molecule has 0 saturated heterocycles. The van der Waals surface area contributed by atoms with Crippen LogP contribution in [0.15, 0.2) is 395 Å². The maximum Gasteiger partial charge on any atom is 0.190 e. The minimum Gasteiger partial charge on any atom is -0.445 e. The molecule has 0 atom stereocenters. The van der Waals surface area contributed by atoms with E-state index in [1.807, 2.05) is 52.2 Å². The standard InChI is InChI=1S/C38H21NOS2.C38H20OS3.C38H22OS/c1-4-13-31-25(8-1)26-9-2-5-14-32(26)39(31)23-17-19-34-29(21-23)27-12-7-11-24(37(27)41-34)22-16-18-35-30(20-22)36-28-10-3-6-15-33(28)40-38(36)42-35;1-3-13-31-28(8-1)35-30-20-22(16-18-34(30)42-38(35)39-31)24-10-6-12-27-29-19-21(15-17-33(29)41-37(24)27)23-9-5-11-26-25-7-2-4-14-32(25)40-36(23)26;1-2-12-29-27(10-1)28-11-3-4-13-30(28)33-21-25(16-18-31(29)33)23-8-7-9-24(20-23)26-17-19-36-34(22-26)37-32-14-5-6-15-35(32)39-38(37)40-36/h1-21H;1-20H;1-22H. The van der Waals surface area contributed by atoms with Crippen LogP contribution < -0.4 is 0 Å². The topological polar surface area (TPSA) is 44.4 Å². The van der Waals surface area contributed by atoms with Crippen molar-refractivity contribution in [2.45, 2.75) is 0 Å². The molecule has 29 rings (SSSR count). The fourth-order valence-corrected chi connectivity index (χ4v) is 26.7. The van der Waals surface area contributed by atoms with Gasteiger partial charge in [-0.05, 0) is 203 Å². The van der Waals surface area contributed by atoms with Crippen LogP contribution in [0.25, 0.3) is 270 Å². The van der Waals surface area contributed by atoms with Crippen molar-refractivity contribution in [3.8, 4) is 61.3 Å². The van der Waals surface area contributed by atoms with Gasteiger partial charge in [-0.25, -0.2) is 0 Å². The van der Waals surface area contributed by atoms with E-state index < -0.39 is 0 Å². The second kappa shape index (κ2) is 27.6. The molecule has 19 aromatic carbocycles. The summed E-state index contributed by atoms with van der Waals surface area (Å²) in [5, 5.41) is 29.4. The monoisotopic (exact) mass is 1690 g/mol. The van der Waals surface area contributed by atoms with Gasteiger partial charge in [0, 0.05) is 140 Å². The fraction of sp³-hybridized carbons (Fsp3) is 0. The minimum absolute atomic E-state index is 0.953. The van der Waals surface area contributed by atoms with E-state index in [-0.39, 0.29) is 0 Å². The lowest BCUT2D eigenvalue weighted by Gasteiger charge is -2.12. The molecular formula is C114H63NO3S6. The lowest BCUT2D eigenvalue weighted by molar-refractivity contribution is 0.677. The van der Waals surface area contributed by atoms with Gasteiger partial charge in [0.05, 0.1) is 11.0 Å². The number of fused-ring (bicyclic) bond motifs is 33. The van der Waals surface area contributed by atoms with E-state index in [0.29, 0.717) is 0 Å². The summed E-state index contributed by atoms with van der Waals surface area (Å²) in [4.78, 5) is 3.00. The average molecular weight is 1690 g/mol. The third-order valence-corrected chi connectivity index (χ3v) is 32.3. The molecular weight excluding hydrogens is 1620 g/mol. The Morgan fingerprint density at radius 3 is 0.935 bits per heavy atom. The summed E-state index contributed by atoms with van der Waals surface area (Å²) in [6, 6.07) is 139. The summed E-state index contributed by atoms with van der Waals surface area (Å²) < 4.78 is 32.8. The number of furan rings is 3. The van der Waals surface area contributed by atoms with E-state index in [0.717, 1.165) is 31.4 Å². The molecule has 0 aliphatic heterocycles. The second-order valence-electron chi connectivity index (χ2n) is 32.3. The Morgan fingerprint density at radius 1 is 0.169 bits per heavy atom. The smallest absolute Gasteiger partial charge is 0.190 e. The largest absolute Gasteiger partial charge is 0.445 e. The molecule has 0 amide bonds. The summed E-state index contributed by atoms with van der Waals surface area (Å²) in [6.45, 7) is 0. The number of hydrogen-bond donors (Lipinski definition) is 0. The van der Waals surface area contributed by atoms with E-state index in [4.69, 9.17) is 13.3 Å². The summed E-state index contributed by atoms with van der Waals surface area (Å²) in [6.07, 6.45) is 0. The van der Waals surface area contributed by atoms with Gasteiger partial charge in [-0.3, -0.25) is 0 Å². The average Bonchev–Trinajstić information content (AvgIpc) is 1.50. The van der Waals surface area contributed by atoms with Gasteiger partial charge in [0.2, 0.25) is 0 Å². The van der Waals surface area contributed by atoms with E-state index in [9.17, 15) is 0 Å². The van der Waals surface area contributed by atoms with Gasteiger partial charge in [0.15, 0.2) is 14.7 Å². The van der Waals surface area contributed by atoms with Crippen molar-refractivity contribution >= 4 is 277 Å². The zero-order valence-corrected chi connectivity index (χ0v) is 70.9. The highest BCUT2D eigenvalue weighted by atomic mass is 32.1. The number of para-hydroxylation sites is 5. The molecule has 0 aliphatic carbocycles. The van der Waals surface area contributed by atoms with Crippen molar-refractivity contribution in [3.05, 3.63) is 382 Å². The summed E-state index contributed by atoms with van der Waals surface area (Å²) >= 11 is 10.9. The predicted octanol–water partition coefficient (Wildman–Crippen LogP) is 36.4. The molecule has 0 unspecified atom stereocenters. The third kappa shape index (κ3) is 10.9. The van der Waals surface area contributed by atoms with E-state index in [1.54, 1.807) is 34.0 Å². The van der Waals surface area contributed by atoms with Gasteiger partial charge >= 0.3 is 0 Å². The Balaban J connectivity index is 0.0000000972. The molecule has 0 bridgehead atoms. The zero-order valence-electron chi connectivity index (χ0n) is 66.0. The van der Waals surface area contributed by atoms with Crippen molar-refractivity contribution in [2.24, 2.45) is 0 Å². The number of rotatable bonds is 6. The van der Waals surface area contributed by atoms with Gasteiger partial charge in [-0.2, -0.15) is 0 Å². The van der Waals surface area contributed by atoms with Crippen molar-refractivity contribution in [3.63, 3.8) is 0 Å². The molecule has 124 heavy (non-hydrogen) atoms. The predicted molar refractivity (Wildman–Crippen MR) is 540 cm³/mol. The molecule has 0 fully saturated rings. The highest BCUT2D eigenvalue weighted by molar-refractivity contribution is 7.28. The van der Waals surface area contributed by atoms with Crippen LogP contribution in [-0.4, -0.2) is 4.57 Å². The number of nitrogens with zero attached hydrogens (tertiary/aromatic N) is 1. The van der Waals surface area contributed by atoms with Gasteiger partial charge in [-0.1, -0.05) is 301 Å². The molecule has 10 aromatic heterocycles. The van der Waals surface area contributed by atoms with Crippen LogP contribution in [0.2, 0.25) is 0 Å². The van der Waals surface area contributed by atoms with Gasteiger partial charge in [0.1, 0.15) is 16.7 Å². The molecule has 0 radical (unpaired) electrons. The molecule has 10 heteroatoms. The Kier molecular flexibility index (Phi) is 15.7. The first-order chi connectivity index (χ1) is 61.4. The van der Waals surface area contributed by atoms with E-state index in [2.05, 4.69) is 369 Å². The Hall–Kier alpha value is -14.3. The number of thiophene rings is 6. The zero-order chi connectivity index (χ0) is 80.9. The highest BCUT2D eigenvalue weighted by Gasteiger charge is 2.23. The molecule has 10 heterocycles. The number of benzene rings is 19. The normalized spacial score (nSPS) is 12.2. The van der Waals surface area contributed by atoms with Crippen LogP contribution in [0.4, 0.5) is 0 Å². The van der Waals surface area contributed by atoms with E-state index >= 15 is 0 Å². The van der Waals surface area contributed by atoms with Crippen LogP contribution in [0.3, 0.4) is 0 Å². The molecule has 0 spiro atoms. The van der Waals surface area contributed by atoms with Crippen LogP contribution in [0.1, 0.15) is 0 Å². The van der Waals surface area contributed by atoms with Crippen LogP contribution in [-0.2, 0) is 0 Å². The quantitative estimate of drug-likeness (QED) is 0.156. The van der Waals surface area contributed by atoms with Crippen molar-refractivity contribution in [1.29, 1.82) is 0 Å². The first-order valence-corrected chi connectivity index (χ1v) is 46.6. The number of aromatic nitrogens is 1. The van der Waals surface area contributed by atoms with Gasteiger partial charge in [-0.15, -0.1) is 34.0 Å². The van der Waals surface area contributed by atoms with Crippen LogP contribution in [0.5, 0.6) is 0 Å².